The predicted octanol–water partition coefficient (Wildman–Crippen LogP) is 5.02. The molecule has 0 unspecified atom stereocenters. The summed E-state index contributed by atoms with van der Waals surface area (Å²) < 4.78 is 3.67. The van der Waals surface area contributed by atoms with Gasteiger partial charge in [0.2, 0.25) is 0 Å². The van der Waals surface area contributed by atoms with Crippen LogP contribution >= 0.6 is 11.9 Å². The topological polar surface area (TPSA) is 37.3 Å². The minimum atomic E-state index is 0.640. The Hall–Kier alpha value is -1.65. The molecule has 1 fully saturated rings. The molecule has 0 spiro atoms. The highest BCUT2D eigenvalue weighted by molar-refractivity contribution is 7.97. The van der Waals surface area contributed by atoms with Gasteiger partial charge in [0.1, 0.15) is 0 Å². The van der Waals surface area contributed by atoms with Crippen molar-refractivity contribution in [1.29, 1.82) is 0 Å². The summed E-state index contributed by atoms with van der Waals surface area (Å²) in [6, 6.07) is 9.34. The molecule has 24 heavy (non-hydrogen) atoms. The molecule has 1 aromatic heterocycles. The first-order valence-corrected chi connectivity index (χ1v) is 9.57. The van der Waals surface area contributed by atoms with Gasteiger partial charge in [-0.15, -0.1) is 0 Å². The monoisotopic (exact) mass is 337 g/mol. The van der Waals surface area contributed by atoms with Crippen molar-refractivity contribution in [3.8, 4) is 0 Å². The minimum Gasteiger partial charge on any atom is -0.285 e. The fraction of sp³-hybridized carbons (Fsp3) is 0.400. The highest BCUT2D eigenvalue weighted by Crippen LogP contribution is 2.34. The van der Waals surface area contributed by atoms with Gasteiger partial charge in [0, 0.05) is 33.8 Å². The Labute approximate surface area is 147 Å². The summed E-state index contributed by atoms with van der Waals surface area (Å²) >= 11 is 1.77. The van der Waals surface area contributed by atoms with Gasteiger partial charge in [-0.3, -0.25) is 14.7 Å². The molecule has 1 aliphatic carbocycles. The van der Waals surface area contributed by atoms with Crippen molar-refractivity contribution in [2.75, 3.05) is 6.54 Å². The van der Waals surface area contributed by atoms with E-state index in [2.05, 4.69) is 46.7 Å². The van der Waals surface area contributed by atoms with E-state index in [-0.39, 0.29) is 0 Å². The number of benzene rings is 1. The smallest absolute Gasteiger partial charge is 0.0719 e. The molecule has 4 rings (SSSR count). The maximum atomic E-state index is 4.60. The van der Waals surface area contributed by atoms with Crippen LogP contribution in [0.5, 0.6) is 0 Å². The Morgan fingerprint density at radius 1 is 1.17 bits per heavy atom. The molecule has 0 saturated heterocycles. The third-order valence-electron chi connectivity index (χ3n) is 5.00. The van der Waals surface area contributed by atoms with Crippen LogP contribution in [0, 0.1) is 0 Å². The van der Waals surface area contributed by atoms with Gasteiger partial charge in [0.05, 0.1) is 12.1 Å². The van der Waals surface area contributed by atoms with Crippen LogP contribution in [-0.2, 0) is 0 Å². The Bertz CT molecular complexity index is 832. The molecule has 2 heterocycles. The second kappa shape index (κ2) is 6.69. The van der Waals surface area contributed by atoms with Crippen LogP contribution in [0.3, 0.4) is 0 Å². The zero-order valence-electron chi connectivity index (χ0n) is 14.3. The van der Waals surface area contributed by atoms with E-state index in [4.69, 9.17) is 0 Å². The van der Waals surface area contributed by atoms with Crippen molar-refractivity contribution in [2.24, 2.45) is 4.99 Å². The van der Waals surface area contributed by atoms with Gasteiger partial charge in [0.15, 0.2) is 0 Å². The van der Waals surface area contributed by atoms with Crippen LogP contribution in [-0.4, -0.2) is 23.3 Å². The molecule has 1 saturated carbocycles. The normalized spacial score (nSPS) is 18.7. The summed E-state index contributed by atoms with van der Waals surface area (Å²) in [7, 11) is 0. The molecule has 1 aliphatic heterocycles. The molecule has 0 atom stereocenters. The molecule has 1 N–H and O–H groups in total. The number of hydrogen-bond donors (Lipinski definition) is 1. The largest absolute Gasteiger partial charge is 0.285 e. The fourth-order valence-electron chi connectivity index (χ4n) is 3.73. The van der Waals surface area contributed by atoms with E-state index in [1.54, 1.807) is 11.9 Å². The fourth-order valence-corrected chi connectivity index (χ4v) is 4.73. The van der Waals surface area contributed by atoms with Crippen LogP contribution in [0.15, 0.2) is 45.9 Å². The van der Waals surface area contributed by atoms with Crippen LogP contribution in [0.4, 0.5) is 0 Å². The third-order valence-corrected chi connectivity index (χ3v) is 6.01. The average Bonchev–Trinajstić information content (AvgIpc) is 3.22. The summed E-state index contributed by atoms with van der Waals surface area (Å²) in [6.07, 6.45) is 7.16. The number of allylic oxidation sites excluding steroid dienone is 1. The molecule has 1 aromatic carbocycles. The van der Waals surface area contributed by atoms with Gasteiger partial charge >= 0.3 is 0 Å². The first-order chi connectivity index (χ1) is 11.7. The van der Waals surface area contributed by atoms with Gasteiger partial charge in [-0.1, -0.05) is 18.9 Å². The van der Waals surface area contributed by atoms with E-state index < -0.39 is 0 Å². The van der Waals surface area contributed by atoms with Crippen molar-refractivity contribution < 1.29 is 0 Å². The highest BCUT2D eigenvalue weighted by atomic mass is 32.2. The van der Waals surface area contributed by atoms with E-state index in [1.165, 1.54) is 52.7 Å². The molecule has 124 valence electrons. The summed E-state index contributed by atoms with van der Waals surface area (Å²) in [5.41, 5.74) is 6.09. The van der Waals surface area contributed by atoms with Gasteiger partial charge < -0.3 is 0 Å². The molecule has 2 aliphatic rings. The molecule has 0 amide bonds. The molecule has 3 nitrogen and oxygen atoms in total. The van der Waals surface area contributed by atoms with Gasteiger partial charge in [0.25, 0.3) is 0 Å². The lowest BCUT2D eigenvalue weighted by Gasteiger charge is -2.14. The zero-order valence-corrected chi connectivity index (χ0v) is 15.1. The number of nitrogens with one attached hydrogen (secondary N) is 1. The van der Waals surface area contributed by atoms with Crippen molar-refractivity contribution in [3.05, 3.63) is 41.6 Å². The SMILES string of the molecule is CC1=NCC(C)=C1c1cc(SNC2CCCC2)c2cccnc2c1. The Morgan fingerprint density at radius 2 is 2.00 bits per heavy atom. The van der Waals surface area contributed by atoms with Crippen molar-refractivity contribution in [3.63, 3.8) is 0 Å². The average molecular weight is 337 g/mol. The Morgan fingerprint density at radius 3 is 2.75 bits per heavy atom. The van der Waals surface area contributed by atoms with Gasteiger partial charge in [-0.05, 0) is 68.0 Å². The highest BCUT2D eigenvalue weighted by Gasteiger charge is 2.19. The quantitative estimate of drug-likeness (QED) is 0.796. The van der Waals surface area contributed by atoms with Crippen LogP contribution in [0.25, 0.3) is 16.5 Å². The zero-order chi connectivity index (χ0) is 16.5. The first kappa shape index (κ1) is 15.9. The lowest BCUT2D eigenvalue weighted by Crippen LogP contribution is -2.18. The van der Waals surface area contributed by atoms with E-state index >= 15 is 0 Å². The standard InChI is InChI=1S/C20H23N3S/c1-13-12-22-14(2)20(13)15-10-18-17(8-5-9-21-18)19(11-15)24-23-16-6-3-4-7-16/h5,8-11,16,23H,3-4,6-7,12H2,1-2H3. The third kappa shape index (κ3) is 3.01. The molecule has 2 aromatic rings. The summed E-state index contributed by atoms with van der Waals surface area (Å²) in [5, 5.41) is 1.22. The molecule has 4 heteroatoms. The number of hydrogen-bond acceptors (Lipinski definition) is 4. The lowest BCUT2D eigenvalue weighted by molar-refractivity contribution is 0.658. The number of pyridine rings is 1. The molecule has 0 radical (unpaired) electrons. The summed E-state index contributed by atoms with van der Waals surface area (Å²) in [4.78, 5) is 10.5. The summed E-state index contributed by atoms with van der Waals surface area (Å²) in [6.45, 7) is 5.11. The van der Waals surface area contributed by atoms with Crippen LogP contribution in [0.2, 0.25) is 0 Å². The van der Waals surface area contributed by atoms with Gasteiger partial charge in [-0.25, -0.2) is 0 Å². The number of aliphatic imine (C=N–C) groups is 1. The van der Waals surface area contributed by atoms with E-state index in [0.717, 1.165) is 17.8 Å². The van der Waals surface area contributed by atoms with Gasteiger partial charge in [-0.2, -0.15) is 0 Å². The number of aromatic nitrogens is 1. The molecular formula is C20H23N3S. The lowest BCUT2D eigenvalue weighted by atomic mass is 9.98. The first-order valence-electron chi connectivity index (χ1n) is 8.75. The number of fused-ring (bicyclic) bond motifs is 1. The number of rotatable bonds is 4. The van der Waals surface area contributed by atoms with Crippen molar-refractivity contribution in [1.82, 2.24) is 9.71 Å². The maximum Gasteiger partial charge on any atom is 0.0719 e. The van der Waals surface area contributed by atoms with E-state index in [0.29, 0.717) is 6.04 Å². The molecule has 0 bridgehead atoms. The summed E-state index contributed by atoms with van der Waals surface area (Å²) in [5.74, 6) is 0. The van der Waals surface area contributed by atoms with Crippen molar-refractivity contribution in [2.45, 2.75) is 50.5 Å². The second-order valence-corrected chi connectivity index (χ2v) is 7.68. The van der Waals surface area contributed by atoms with Crippen molar-refractivity contribution >= 4 is 34.1 Å². The second-order valence-electron chi connectivity index (χ2n) is 6.80. The van der Waals surface area contributed by atoms with Crippen LogP contribution in [0.1, 0.15) is 45.1 Å². The minimum absolute atomic E-state index is 0.640. The van der Waals surface area contributed by atoms with E-state index in [9.17, 15) is 0 Å². The van der Waals surface area contributed by atoms with E-state index in [1.807, 2.05) is 12.3 Å². The van der Waals surface area contributed by atoms with Crippen LogP contribution < -0.4 is 4.72 Å². The Balaban J connectivity index is 1.73. The maximum absolute atomic E-state index is 4.60. The predicted molar refractivity (Wildman–Crippen MR) is 104 cm³/mol. The number of nitrogens with zero attached hydrogens (tertiary/aromatic N) is 2. The Kier molecular flexibility index (Phi) is 4.42. The molecular weight excluding hydrogens is 314 g/mol.